The predicted octanol–water partition coefficient (Wildman–Crippen LogP) is 2.80. The molecule has 2 heterocycles. The van der Waals surface area contributed by atoms with Gasteiger partial charge in [0.1, 0.15) is 25.1 Å². The lowest BCUT2D eigenvalue weighted by Crippen LogP contribution is -2.47. The van der Waals surface area contributed by atoms with Crippen LogP contribution in [-0.4, -0.2) is 55.9 Å². The molecule has 0 aromatic heterocycles. The van der Waals surface area contributed by atoms with Crippen molar-refractivity contribution in [2.75, 3.05) is 26.3 Å². The van der Waals surface area contributed by atoms with E-state index in [9.17, 15) is 17.6 Å². The number of carbonyl (C=O) groups is 1. The van der Waals surface area contributed by atoms with Gasteiger partial charge in [-0.2, -0.15) is 4.31 Å². The maximum absolute atomic E-state index is 13.5. The summed E-state index contributed by atoms with van der Waals surface area (Å²) in [6.45, 7) is 3.48. The highest BCUT2D eigenvalue weighted by Crippen LogP contribution is 2.35. The largest absolute Gasteiger partial charge is 0.486 e. The molecule has 4 rings (SSSR count). The summed E-state index contributed by atoms with van der Waals surface area (Å²) in [5.74, 6) is 0.247. The molecule has 1 fully saturated rings. The zero-order chi connectivity index (χ0) is 22.0. The Labute approximate surface area is 181 Å². The van der Waals surface area contributed by atoms with Crippen LogP contribution in [0.4, 0.5) is 4.39 Å². The second-order valence-corrected chi connectivity index (χ2v) is 9.45. The van der Waals surface area contributed by atoms with Crippen molar-refractivity contribution >= 4 is 15.9 Å². The zero-order valence-corrected chi connectivity index (χ0v) is 18.1. The predicted molar refractivity (Wildman–Crippen MR) is 112 cm³/mol. The molecule has 166 valence electrons. The molecular weight excluding hydrogens is 423 g/mol. The monoisotopic (exact) mass is 448 g/mol. The van der Waals surface area contributed by atoms with E-state index in [0.717, 1.165) is 0 Å². The van der Waals surface area contributed by atoms with Gasteiger partial charge in [0.25, 0.3) is 0 Å². The van der Waals surface area contributed by atoms with Gasteiger partial charge in [-0.1, -0.05) is 12.1 Å². The third kappa shape index (κ3) is 4.38. The van der Waals surface area contributed by atoms with Crippen LogP contribution in [0.1, 0.15) is 25.3 Å². The topological polar surface area (TPSA) is 76.2 Å². The molecule has 2 aliphatic rings. The van der Waals surface area contributed by atoms with Gasteiger partial charge < -0.3 is 14.4 Å². The van der Waals surface area contributed by atoms with E-state index in [1.165, 1.54) is 28.6 Å². The highest BCUT2D eigenvalue weighted by molar-refractivity contribution is 7.89. The SMILES string of the molecule is CCN(Cc1cccc(F)c1)C(=O)C1CCCN1S(=O)(=O)c1ccc2c(c1)OCCO2. The van der Waals surface area contributed by atoms with Crippen LogP contribution in [0.3, 0.4) is 0 Å². The number of nitrogens with zero attached hydrogens (tertiary/aromatic N) is 2. The maximum Gasteiger partial charge on any atom is 0.243 e. The van der Waals surface area contributed by atoms with Gasteiger partial charge in [0.05, 0.1) is 4.90 Å². The van der Waals surface area contributed by atoms with E-state index in [4.69, 9.17) is 9.47 Å². The van der Waals surface area contributed by atoms with Crippen molar-refractivity contribution in [1.82, 2.24) is 9.21 Å². The summed E-state index contributed by atoms with van der Waals surface area (Å²) >= 11 is 0. The van der Waals surface area contributed by atoms with Crippen LogP contribution >= 0.6 is 0 Å². The normalized spacial score (nSPS) is 18.7. The van der Waals surface area contributed by atoms with E-state index in [1.807, 2.05) is 6.92 Å². The second kappa shape index (κ2) is 8.84. The number of halogens is 1. The molecule has 2 aromatic rings. The van der Waals surface area contributed by atoms with Crippen LogP contribution in [0.25, 0.3) is 0 Å². The van der Waals surface area contributed by atoms with Crippen molar-refractivity contribution in [3.05, 3.63) is 53.8 Å². The lowest BCUT2D eigenvalue weighted by molar-refractivity contribution is -0.135. The standard InChI is InChI=1S/C22H25FN2O5S/c1-2-24(15-16-5-3-6-17(23)13-16)22(26)19-7-4-10-25(19)31(27,28)18-8-9-20-21(14-18)30-12-11-29-20/h3,5-6,8-9,13-14,19H,2,4,7,10-12,15H2,1H3. The fraction of sp³-hybridized carbons (Fsp3) is 0.409. The molecule has 7 nitrogen and oxygen atoms in total. The van der Waals surface area contributed by atoms with E-state index >= 15 is 0 Å². The van der Waals surface area contributed by atoms with Gasteiger partial charge in [-0.25, -0.2) is 12.8 Å². The Kier molecular flexibility index (Phi) is 6.15. The summed E-state index contributed by atoms with van der Waals surface area (Å²) in [5.41, 5.74) is 0.662. The average molecular weight is 449 g/mol. The van der Waals surface area contributed by atoms with Gasteiger partial charge >= 0.3 is 0 Å². The molecule has 1 unspecified atom stereocenters. The smallest absolute Gasteiger partial charge is 0.243 e. The van der Waals surface area contributed by atoms with Crippen molar-refractivity contribution in [3.63, 3.8) is 0 Å². The molecule has 31 heavy (non-hydrogen) atoms. The molecule has 1 amide bonds. The van der Waals surface area contributed by atoms with Crippen molar-refractivity contribution in [1.29, 1.82) is 0 Å². The molecule has 2 aliphatic heterocycles. The first-order valence-electron chi connectivity index (χ1n) is 10.3. The van der Waals surface area contributed by atoms with Gasteiger partial charge in [-0.3, -0.25) is 4.79 Å². The quantitative estimate of drug-likeness (QED) is 0.679. The van der Waals surface area contributed by atoms with Gasteiger partial charge in [0, 0.05) is 25.7 Å². The summed E-state index contributed by atoms with van der Waals surface area (Å²) < 4.78 is 52.5. The van der Waals surface area contributed by atoms with E-state index in [-0.39, 0.29) is 29.7 Å². The van der Waals surface area contributed by atoms with Crippen LogP contribution in [0.2, 0.25) is 0 Å². The Balaban J connectivity index is 1.56. The first-order valence-corrected chi connectivity index (χ1v) is 11.8. The number of carbonyl (C=O) groups excluding carboxylic acids is 1. The number of likely N-dealkylation sites (N-methyl/N-ethyl adjacent to an activating group) is 1. The van der Waals surface area contributed by atoms with Gasteiger partial charge in [-0.15, -0.1) is 0 Å². The first-order chi connectivity index (χ1) is 14.9. The van der Waals surface area contributed by atoms with Gasteiger partial charge in [0.15, 0.2) is 11.5 Å². The number of hydrogen-bond acceptors (Lipinski definition) is 5. The van der Waals surface area contributed by atoms with Gasteiger partial charge in [0.2, 0.25) is 15.9 Å². The zero-order valence-electron chi connectivity index (χ0n) is 17.3. The Hall–Kier alpha value is -2.65. The van der Waals surface area contributed by atoms with Crippen molar-refractivity contribution in [2.24, 2.45) is 0 Å². The summed E-state index contributed by atoms with van der Waals surface area (Å²) in [6, 6.07) is 9.80. The van der Waals surface area contributed by atoms with E-state index < -0.39 is 16.1 Å². The van der Waals surface area contributed by atoms with Crippen LogP contribution in [0.15, 0.2) is 47.4 Å². The number of fused-ring (bicyclic) bond motifs is 1. The Morgan fingerprint density at radius 1 is 1.16 bits per heavy atom. The molecule has 0 N–H and O–H groups in total. The molecule has 0 radical (unpaired) electrons. The second-order valence-electron chi connectivity index (χ2n) is 7.56. The molecule has 0 spiro atoms. The Morgan fingerprint density at radius 2 is 1.94 bits per heavy atom. The Morgan fingerprint density at radius 3 is 2.68 bits per heavy atom. The fourth-order valence-electron chi connectivity index (χ4n) is 4.01. The van der Waals surface area contributed by atoms with Crippen molar-refractivity contribution < 1.29 is 27.1 Å². The van der Waals surface area contributed by atoms with E-state index in [0.29, 0.717) is 49.7 Å². The number of sulfonamides is 1. The lowest BCUT2D eigenvalue weighted by atomic mass is 10.1. The number of ether oxygens (including phenoxy) is 2. The fourth-order valence-corrected chi connectivity index (χ4v) is 5.67. The summed E-state index contributed by atoms with van der Waals surface area (Å²) in [5, 5.41) is 0. The minimum absolute atomic E-state index is 0.0737. The van der Waals surface area contributed by atoms with E-state index in [2.05, 4.69) is 0 Å². The number of benzene rings is 2. The molecule has 1 atom stereocenters. The highest BCUT2D eigenvalue weighted by Gasteiger charge is 2.41. The number of rotatable bonds is 6. The van der Waals surface area contributed by atoms with Crippen LogP contribution in [-0.2, 0) is 21.4 Å². The third-order valence-electron chi connectivity index (χ3n) is 5.56. The van der Waals surface area contributed by atoms with Crippen LogP contribution in [0, 0.1) is 5.82 Å². The average Bonchev–Trinajstić information content (AvgIpc) is 3.27. The van der Waals surface area contributed by atoms with Crippen molar-refractivity contribution in [3.8, 4) is 11.5 Å². The number of amides is 1. The number of hydrogen-bond donors (Lipinski definition) is 0. The molecular formula is C22H25FN2O5S. The van der Waals surface area contributed by atoms with Crippen LogP contribution < -0.4 is 9.47 Å². The van der Waals surface area contributed by atoms with Gasteiger partial charge in [-0.05, 0) is 49.6 Å². The molecule has 0 aliphatic carbocycles. The van der Waals surface area contributed by atoms with E-state index in [1.54, 1.807) is 23.1 Å². The molecule has 0 saturated carbocycles. The first kappa shape index (κ1) is 21.6. The molecule has 2 aromatic carbocycles. The molecule has 1 saturated heterocycles. The molecule has 0 bridgehead atoms. The highest BCUT2D eigenvalue weighted by atomic mass is 32.2. The maximum atomic E-state index is 13.5. The summed E-state index contributed by atoms with van der Waals surface area (Å²) in [6.07, 6.45) is 1.04. The summed E-state index contributed by atoms with van der Waals surface area (Å²) in [7, 11) is -3.90. The third-order valence-corrected chi connectivity index (χ3v) is 7.47. The summed E-state index contributed by atoms with van der Waals surface area (Å²) in [4.78, 5) is 14.9. The minimum atomic E-state index is -3.90. The Bertz CT molecular complexity index is 1080. The minimum Gasteiger partial charge on any atom is -0.486 e. The van der Waals surface area contributed by atoms with Crippen LogP contribution in [0.5, 0.6) is 11.5 Å². The molecule has 9 heteroatoms. The van der Waals surface area contributed by atoms with Crippen molar-refractivity contribution in [2.45, 2.75) is 37.2 Å². The lowest BCUT2D eigenvalue weighted by Gasteiger charge is -2.29.